The lowest BCUT2D eigenvalue weighted by molar-refractivity contribution is 0.771. The maximum atomic E-state index is 6.09. The van der Waals surface area contributed by atoms with Crippen LogP contribution in [0.3, 0.4) is 0 Å². The van der Waals surface area contributed by atoms with Gasteiger partial charge in [0.2, 0.25) is 5.95 Å². The van der Waals surface area contributed by atoms with Gasteiger partial charge in [-0.15, -0.1) is 10.2 Å². The fraction of sp³-hybridized carbons (Fsp3) is 0.273. The standard InChI is InChI=1S/C11H14ClN5/c1-17-10(15-16-11(17)14-13)7-6-8-4-2-3-5-9(8)12/h2-5H,6-7,13H2,1H3,(H,14,16). The molecule has 0 radical (unpaired) electrons. The molecular formula is C11H14ClN5. The number of hydrazine groups is 1. The first kappa shape index (κ1) is 11.9. The monoisotopic (exact) mass is 251 g/mol. The molecule has 2 aromatic rings. The number of nitrogen functional groups attached to an aromatic ring is 1. The average Bonchev–Trinajstić information content (AvgIpc) is 2.69. The highest BCUT2D eigenvalue weighted by Gasteiger charge is 2.08. The van der Waals surface area contributed by atoms with Gasteiger partial charge in [0, 0.05) is 18.5 Å². The molecule has 0 fully saturated rings. The lowest BCUT2D eigenvalue weighted by Gasteiger charge is -2.04. The van der Waals surface area contributed by atoms with Crippen LogP contribution in [0.5, 0.6) is 0 Å². The molecule has 1 heterocycles. The summed E-state index contributed by atoms with van der Waals surface area (Å²) >= 11 is 6.09. The molecule has 0 aliphatic rings. The van der Waals surface area contributed by atoms with Gasteiger partial charge in [0.25, 0.3) is 0 Å². The van der Waals surface area contributed by atoms with Gasteiger partial charge in [-0.2, -0.15) is 0 Å². The Labute approximate surface area is 105 Å². The van der Waals surface area contributed by atoms with E-state index in [1.54, 1.807) is 0 Å². The van der Waals surface area contributed by atoms with Crippen LogP contribution in [0.1, 0.15) is 11.4 Å². The highest BCUT2D eigenvalue weighted by Crippen LogP contribution is 2.17. The Hall–Kier alpha value is -1.59. The minimum atomic E-state index is 0.555. The molecule has 1 aromatic carbocycles. The molecule has 0 amide bonds. The Morgan fingerprint density at radius 1 is 1.29 bits per heavy atom. The van der Waals surface area contributed by atoms with Crippen LogP contribution in [0, 0.1) is 0 Å². The number of hydrogen-bond acceptors (Lipinski definition) is 4. The van der Waals surface area contributed by atoms with Crippen LogP contribution in [0.4, 0.5) is 5.95 Å². The van der Waals surface area contributed by atoms with Gasteiger partial charge < -0.3 is 0 Å². The third-order valence-electron chi connectivity index (χ3n) is 2.67. The second-order valence-electron chi connectivity index (χ2n) is 3.73. The Morgan fingerprint density at radius 2 is 2.06 bits per heavy atom. The Morgan fingerprint density at radius 3 is 2.71 bits per heavy atom. The molecule has 0 saturated heterocycles. The van der Waals surface area contributed by atoms with E-state index in [2.05, 4.69) is 15.6 Å². The summed E-state index contributed by atoms with van der Waals surface area (Å²) in [6, 6.07) is 7.80. The van der Waals surface area contributed by atoms with Gasteiger partial charge >= 0.3 is 0 Å². The highest BCUT2D eigenvalue weighted by atomic mass is 35.5. The third-order valence-corrected chi connectivity index (χ3v) is 3.04. The number of nitrogens with zero attached hydrogens (tertiary/aromatic N) is 3. The van der Waals surface area contributed by atoms with Crippen molar-refractivity contribution in [2.75, 3.05) is 5.43 Å². The number of halogens is 1. The molecule has 3 N–H and O–H groups in total. The van der Waals surface area contributed by atoms with Crippen LogP contribution in [0.15, 0.2) is 24.3 Å². The number of nitrogens with two attached hydrogens (primary N) is 1. The van der Waals surface area contributed by atoms with Crippen molar-refractivity contribution >= 4 is 17.5 Å². The topological polar surface area (TPSA) is 68.8 Å². The molecule has 0 unspecified atom stereocenters. The molecule has 90 valence electrons. The Bertz CT molecular complexity index is 508. The van der Waals surface area contributed by atoms with E-state index in [9.17, 15) is 0 Å². The summed E-state index contributed by atoms with van der Waals surface area (Å²) in [5, 5.41) is 8.76. The van der Waals surface area contributed by atoms with Gasteiger partial charge in [0.1, 0.15) is 5.82 Å². The van der Waals surface area contributed by atoms with Crippen molar-refractivity contribution in [3.63, 3.8) is 0 Å². The normalized spacial score (nSPS) is 10.5. The van der Waals surface area contributed by atoms with Crippen molar-refractivity contribution in [3.05, 3.63) is 40.7 Å². The maximum Gasteiger partial charge on any atom is 0.238 e. The van der Waals surface area contributed by atoms with Gasteiger partial charge in [-0.3, -0.25) is 9.99 Å². The number of anilines is 1. The zero-order chi connectivity index (χ0) is 12.3. The Kier molecular flexibility index (Phi) is 3.61. The predicted octanol–water partition coefficient (Wildman–Crippen LogP) is 1.54. The van der Waals surface area contributed by atoms with Crippen molar-refractivity contribution in [3.8, 4) is 0 Å². The van der Waals surface area contributed by atoms with E-state index in [4.69, 9.17) is 17.4 Å². The van der Waals surface area contributed by atoms with Gasteiger partial charge in [0.15, 0.2) is 0 Å². The summed E-state index contributed by atoms with van der Waals surface area (Å²) in [6.45, 7) is 0. The number of nitrogens with one attached hydrogen (secondary N) is 1. The summed E-state index contributed by atoms with van der Waals surface area (Å²) in [6.07, 6.45) is 1.60. The fourth-order valence-electron chi connectivity index (χ4n) is 1.65. The minimum Gasteiger partial charge on any atom is -0.300 e. The molecule has 5 nitrogen and oxygen atoms in total. The molecule has 0 aliphatic heterocycles. The van der Waals surface area contributed by atoms with Gasteiger partial charge in [-0.05, 0) is 18.1 Å². The number of aromatic nitrogens is 3. The first-order chi connectivity index (χ1) is 8.22. The average molecular weight is 252 g/mol. The molecule has 0 atom stereocenters. The SMILES string of the molecule is Cn1c(CCc2ccccc2Cl)nnc1NN. The lowest BCUT2D eigenvalue weighted by Crippen LogP contribution is -2.12. The molecule has 1 aromatic heterocycles. The van der Waals surface area contributed by atoms with Crippen LogP contribution >= 0.6 is 11.6 Å². The molecular weight excluding hydrogens is 238 g/mol. The van der Waals surface area contributed by atoms with Gasteiger partial charge in [-0.25, -0.2) is 5.84 Å². The quantitative estimate of drug-likeness (QED) is 0.639. The third kappa shape index (κ3) is 2.57. The highest BCUT2D eigenvalue weighted by molar-refractivity contribution is 6.31. The number of hydrogen-bond donors (Lipinski definition) is 2. The zero-order valence-electron chi connectivity index (χ0n) is 9.52. The van der Waals surface area contributed by atoms with Crippen LogP contribution in [-0.2, 0) is 19.9 Å². The molecule has 0 aliphatic carbocycles. The van der Waals surface area contributed by atoms with Gasteiger partial charge in [0.05, 0.1) is 0 Å². The van der Waals surface area contributed by atoms with Gasteiger partial charge in [-0.1, -0.05) is 29.8 Å². The first-order valence-electron chi connectivity index (χ1n) is 5.30. The molecule has 0 saturated carbocycles. The van der Waals surface area contributed by atoms with Crippen LogP contribution in [-0.4, -0.2) is 14.8 Å². The molecule has 0 spiro atoms. The molecule has 0 bridgehead atoms. The van der Waals surface area contributed by atoms with Crippen LogP contribution < -0.4 is 11.3 Å². The smallest absolute Gasteiger partial charge is 0.238 e. The Balaban J connectivity index is 2.07. The molecule has 2 rings (SSSR count). The van der Waals surface area contributed by atoms with E-state index in [1.807, 2.05) is 35.9 Å². The van der Waals surface area contributed by atoms with Crippen LogP contribution in [0.25, 0.3) is 0 Å². The number of aryl methyl sites for hydroxylation is 2. The van der Waals surface area contributed by atoms with E-state index in [-0.39, 0.29) is 0 Å². The summed E-state index contributed by atoms with van der Waals surface area (Å²) < 4.78 is 1.83. The second-order valence-corrected chi connectivity index (χ2v) is 4.14. The van der Waals surface area contributed by atoms with E-state index >= 15 is 0 Å². The van der Waals surface area contributed by atoms with Crippen molar-refractivity contribution < 1.29 is 0 Å². The predicted molar refractivity (Wildman–Crippen MR) is 67.7 cm³/mol. The number of rotatable bonds is 4. The fourth-order valence-corrected chi connectivity index (χ4v) is 1.88. The zero-order valence-corrected chi connectivity index (χ0v) is 10.3. The van der Waals surface area contributed by atoms with E-state index in [0.29, 0.717) is 5.95 Å². The summed E-state index contributed by atoms with van der Waals surface area (Å²) in [5.41, 5.74) is 3.60. The molecule has 6 heteroatoms. The largest absolute Gasteiger partial charge is 0.300 e. The summed E-state index contributed by atoms with van der Waals surface area (Å²) in [4.78, 5) is 0. The van der Waals surface area contributed by atoms with Crippen molar-refractivity contribution in [2.45, 2.75) is 12.8 Å². The summed E-state index contributed by atoms with van der Waals surface area (Å²) in [5.74, 6) is 6.73. The molecule has 17 heavy (non-hydrogen) atoms. The second kappa shape index (κ2) is 5.16. The lowest BCUT2D eigenvalue weighted by atomic mass is 10.1. The first-order valence-corrected chi connectivity index (χ1v) is 5.68. The van der Waals surface area contributed by atoms with Crippen LogP contribution in [0.2, 0.25) is 5.02 Å². The maximum absolute atomic E-state index is 6.09. The van der Waals surface area contributed by atoms with E-state index < -0.39 is 0 Å². The minimum absolute atomic E-state index is 0.555. The van der Waals surface area contributed by atoms with E-state index in [0.717, 1.165) is 29.3 Å². The van der Waals surface area contributed by atoms with E-state index in [1.165, 1.54) is 0 Å². The van der Waals surface area contributed by atoms with Crippen molar-refractivity contribution in [1.82, 2.24) is 14.8 Å². The summed E-state index contributed by atoms with van der Waals surface area (Å²) in [7, 11) is 1.87. The van der Waals surface area contributed by atoms with Crippen molar-refractivity contribution in [1.29, 1.82) is 0 Å². The van der Waals surface area contributed by atoms with Crippen molar-refractivity contribution in [2.24, 2.45) is 12.9 Å². The number of benzene rings is 1.